The first kappa shape index (κ1) is 20.9. The highest BCUT2D eigenvalue weighted by Gasteiger charge is 2.34. The lowest BCUT2D eigenvalue weighted by molar-refractivity contribution is -0.137. The quantitative estimate of drug-likeness (QED) is 0.345. The van der Waals surface area contributed by atoms with Crippen LogP contribution in [0.3, 0.4) is 0 Å². The van der Waals surface area contributed by atoms with E-state index in [9.17, 15) is 26.7 Å². The van der Waals surface area contributed by atoms with Crippen LogP contribution in [-0.2, 0) is 12.7 Å². The van der Waals surface area contributed by atoms with Crippen molar-refractivity contribution >= 4 is 21.9 Å². The van der Waals surface area contributed by atoms with Crippen molar-refractivity contribution in [1.82, 2.24) is 14.5 Å². The van der Waals surface area contributed by atoms with Crippen molar-refractivity contribution in [2.75, 3.05) is 0 Å². The topological polar surface area (TPSA) is 50.7 Å². The fourth-order valence-electron chi connectivity index (χ4n) is 4.00. The molecule has 9 heteroatoms. The molecule has 0 atom stereocenters. The third kappa shape index (κ3) is 3.55. The first-order valence-electron chi connectivity index (χ1n) is 9.86. The predicted molar refractivity (Wildman–Crippen MR) is 114 cm³/mol. The molecular weight excluding hydrogens is 441 g/mol. The molecule has 0 aliphatic carbocycles. The van der Waals surface area contributed by atoms with Gasteiger partial charge >= 0.3 is 6.18 Å². The summed E-state index contributed by atoms with van der Waals surface area (Å²) in [7, 11) is 0. The second-order valence-corrected chi connectivity index (χ2v) is 7.50. The Hall–Kier alpha value is -4.01. The standard InChI is InChI=1S/C24H14F5N3O/c25-17-10-9-14-13(11-20(33)31-22(14)21(17)26)12-32-19-8-4-3-7-18(19)30-23(32)15-5-1-2-6-16(15)24(27,28)29/h1-11H,12H2,(H,31,33). The Kier molecular flexibility index (Phi) is 4.77. The van der Waals surface area contributed by atoms with Crippen LogP contribution >= 0.6 is 0 Å². The number of hydrogen-bond donors (Lipinski definition) is 1. The van der Waals surface area contributed by atoms with E-state index in [1.54, 1.807) is 24.3 Å². The van der Waals surface area contributed by atoms with Crippen molar-refractivity contribution < 1.29 is 22.0 Å². The van der Waals surface area contributed by atoms with Crippen LogP contribution < -0.4 is 5.56 Å². The highest BCUT2D eigenvalue weighted by atomic mass is 19.4. The Morgan fingerprint density at radius 3 is 2.45 bits per heavy atom. The molecule has 0 spiro atoms. The second kappa shape index (κ2) is 7.54. The molecule has 0 saturated carbocycles. The van der Waals surface area contributed by atoms with Crippen LogP contribution in [0.4, 0.5) is 22.0 Å². The van der Waals surface area contributed by atoms with Gasteiger partial charge < -0.3 is 9.55 Å². The zero-order chi connectivity index (χ0) is 23.3. The number of rotatable bonds is 3. The van der Waals surface area contributed by atoms with Crippen LogP contribution in [0.15, 0.2) is 71.5 Å². The SMILES string of the molecule is O=c1cc(Cn2c(-c3ccccc3C(F)(F)F)nc3ccccc32)c2ccc(F)c(F)c2[nH]1. The van der Waals surface area contributed by atoms with Gasteiger partial charge in [-0.25, -0.2) is 13.8 Å². The molecule has 2 aromatic heterocycles. The van der Waals surface area contributed by atoms with Crippen LogP contribution in [0.25, 0.3) is 33.3 Å². The zero-order valence-corrected chi connectivity index (χ0v) is 16.8. The first-order chi connectivity index (χ1) is 15.7. The smallest absolute Gasteiger partial charge is 0.319 e. The number of halogens is 5. The lowest BCUT2D eigenvalue weighted by Gasteiger charge is -2.15. The van der Waals surface area contributed by atoms with Gasteiger partial charge in [0.15, 0.2) is 11.6 Å². The fraction of sp³-hybridized carbons (Fsp3) is 0.0833. The van der Waals surface area contributed by atoms with E-state index in [0.717, 1.165) is 12.1 Å². The van der Waals surface area contributed by atoms with E-state index in [2.05, 4.69) is 9.97 Å². The minimum Gasteiger partial charge on any atom is -0.319 e. The third-order valence-electron chi connectivity index (χ3n) is 5.45. The maximum atomic E-state index is 14.3. The van der Waals surface area contributed by atoms with Crippen molar-refractivity contribution in [3.8, 4) is 11.4 Å². The number of imidazole rings is 1. The molecule has 0 bridgehead atoms. The normalized spacial score (nSPS) is 12.0. The molecule has 1 N–H and O–H groups in total. The monoisotopic (exact) mass is 455 g/mol. The van der Waals surface area contributed by atoms with E-state index in [4.69, 9.17) is 0 Å². The van der Waals surface area contributed by atoms with Crippen molar-refractivity contribution in [1.29, 1.82) is 0 Å². The molecule has 0 aliphatic rings. The van der Waals surface area contributed by atoms with Crippen LogP contribution in [0.2, 0.25) is 0 Å². The van der Waals surface area contributed by atoms with Crippen LogP contribution in [0, 0.1) is 11.6 Å². The molecule has 33 heavy (non-hydrogen) atoms. The lowest BCUT2D eigenvalue weighted by atomic mass is 10.1. The van der Waals surface area contributed by atoms with E-state index < -0.39 is 28.9 Å². The molecule has 0 fully saturated rings. The molecule has 0 unspecified atom stereocenters. The number of benzene rings is 3. The average molecular weight is 455 g/mol. The molecule has 3 aromatic carbocycles. The largest absolute Gasteiger partial charge is 0.417 e. The summed E-state index contributed by atoms with van der Waals surface area (Å²) in [6, 6.07) is 15.3. The number of alkyl halides is 3. The predicted octanol–water partition coefficient (Wildman–Crippen LogP) is 5.89. The number of aromatic amines is 1. The van der Waals surface area contributed by atoms with E-state index in [-0.39, 0.29) is 28.8 Å². The Morgan fingerprint density at radius 2 is 1.67 bits per heavy atom. The summed E-state index contributed by atoms with van der Waals surface area (Å²) in [4.78, 5) is 18.9. The molecular formula is C24H14F5N3O. The summed E-state index contributed by atoms with van der Waals surface area (Å²) < 4.78 is 70.8. The highest BCUT2D eigenvalue weighted by molar-refractivity contribution is 5.84. The number of para-hydroxylation sites is 2. The number of nitrogens with zero attached hydrogens (tertiary/aromatic N) is 2. The molecule has 5 rings (SSSR count). The minimum atomic E-state index is -4.61. The molecule has 0 radical (unpaired) electrons. The van der Waals surface area contributed by atoms with E-state index >= 15 is 0 Å². The van der Waals surface area contributed by atoms with E-state index in [1.807, 2.05) is 0 Å². The van der Waals surface area contributed by atoms with Gasteiger partial charge in [-0.1, -0.05) is 30.3 Å². The molecule has 2 heterocycles. The lowest BCUT2D eigenvalue weighted by Crippen LogP contribution is -2.13. The Labute approximate surface area is 182 Å². The Balaban J connectivity index is 1.78. The van der Waals surface area contributed by atoms with Gasteiger partial charge in [0, 0.05) is 17.0 Å². The number of nitrogens with one attached hydrogen (secondary N) is 1. The van der Waals surface area contributed by atoms with Gasteiger partial charge in [-0.15, -0.1) is 0 Å². The van der Waals surface area contributed by atoms with E-state index in [1.165, 1.54) is 34.9 Å². The van der Waals surface area contributed by atoms with E-state index in [0.29, 0.717) is 16.6 Å². The van der Waals surface area contributed by atoms with Crippen molar-refractivity contribution in [3.63, 3.8) is 0 Å². The minimum absolute atomic E-state index is 0.0418. The molecule has 0 amide bonds. The maximum Gasteiger partial charge on any atom is 0.417 e. The summed E-state index contributed by atoms with van der Waals surface area (Å²) in [6.07, 6.45) is -4.61. The molecule has 166 valence electrons. The number of hydrogen-bond acceptors (Lipinski definition) is 2. The van der Waals surface area contributed by atoms with Crippen molar-refractivity contribution in [2.45, 2.75) is 12.7 Å². The second-order valence-electron chi connectivity index (χ2n) is 7.50. The third-order valence-corrected chi connectivity index (χ3v) is 5.45. The van der Waals surface area contributed by atoms with Crippen molar-refractivity contribution in [3.05, 3.63) is 99.8 Å². The van der Waals surface area contributed by atoms with Crippen LogP contribution in [0.5, 0.6) is 0 Å². The first-order valence-corrected chi connectivity index (χ1v) is 9.86. The maximum absolute atomic E-state index is 14.3. The highest BCUT2D eigenvalue weighted by Crippen LogP contribution is 2.38. The van der Waals surface area contributed by atoms with Crippen molar-refractivity contribution in [2.24, 2.45) is 0 Å². The summed E-state index contributed by atoms with van der Waals surface area (Å²) >= 11 is 0. The molecule has 5 aromatic rings. The Bertz CT molecular complexity index is 1580. The van der Waals surface area contributed by atoms with Gasteiger partial charge in [0.1, 0.15) is 5.82 Å². The molecule has 0 saturated heterocycles. The van der Waals surface area contributed by atoms with Gasteiger partial charge in [-0.05, 0) is 35.9 Å². The number of pyridine rings is 1. The summed E-state index contributed by atoms with van der Waals surface area (Å²) in [6.45, 7) is -0.0898. The van der Waals surface area contributed by atoms with Gasteiger partial charge in [0.2, 0.25) is 5.56 Å². The van der Waals surface area contributed by atoms with Gasteiger partial charge in [-0.2, -0.15) is 13.2 Å². The Morgan fingerprint density at radius 1 is 0.939 bits per heavy atom. The van der Waals surface area contributed by atoms with Gasteiger partial charge in [0.25, 0.3) is 0 Å². The molecule has 4 nitrogen and oxygen atoms in total. The summed E-state index contributed by atoms with van der Waals surface area (Å²) in [5.41, 5.74) is -0.668. The summed E-state index contributed by atoms with van der Waals surface area (Å²) in [5.74, 6) is -2.28. The van der Waals surface area contributed by atoms with Gasteiger partial charge in [0.05, 0.1) is 28.7 Å². The average Bonchev–Trinajstić information content (AvgIpc) is 3.14. The number of fused-ring (bicyclic) bond motifs is 2. The zero-order valence-electron chi connectivity index (χ0n) is 16.8. The summed E-state index contributed by atoms with van der Waals surface area (Å²) in [5, 5.41) is 0.237. The van der Waals surface area contributed by atoms with Gasteiger partial charge in [-0.3, -0.25) is 4.79 Å². The number of H-pyrrole nitrogens is 1. The fourth-order valence-corrected chi connectivity index (χ4v) is 4.00. The molecule has 0 aliphatic heterocycles. The van der Waals surface area contributed by atoms with Crippen LogP contribution in [-0.4, -0.2) is 14.5 Å². The number of aromatic nitrogens is 3. The van der Waals surface area contributed by atoms with Crippen LogP contribution in [0.1, 0.15) is 11.1 Å².